The highest BCUT2D eigenvalue weighted by molar-refractivity contribution is 6.32. The third-order valence-corrected chi connectivity index (χ3v) is 3.14. The van der Waals surface area contributed by atoms with E-state index in [-0.39, 0.29) is 17.0 Å². The molecule has 0 atom stereocenters. The predicted molar refractivity (Wildman–Crippen MR) is 65.0 cm³/mol. The summed E-state index contributed by atoms with van der Waals surface area (Å²) in [6.07, 6.45) is 0. The largest absolute Gasteiger partial charge is 0.477 e. The zero-order valence-electron chi connectivity index (χ0n) is 9.30. The predicted octanol–water partition coefficient (Wildman–Crippen LogP) is 3.03. The van der Waals surface area contributed by atoms with E-state index >= 15 is 0 Å². The van der Waals surface area contributed by atoms with Gasteiger partial charge in [0.1, 0.15) is 5.69 Å². The Morgan fingerprint density at radius 1 is 1.35 bits per heavy atom. The fourth-order valence-electron chi connectivity index (χ4n) is 1.90. The Morgan fingerprint density at radius 2 is 2.00 bits per heavy atom. The topological polar surface area (TPSA) is 70.2 Å². The smallest absolute Gasteiger partial charge is 0.353 e. The van der Waals surface area contributed by atoms with Crippen LogP contribution in [0.3, 0.4) is 0 Å². The molecule has 0 aliphatic carbocycles. The molecular weight excluding hydrogens is 242 g/mol. The standard InChI is InChI=1S/C12H10ClNO3/c1-5-8(13)4-3-7-9(6(2)15)11(12(16)17)14-10(5)7/h3-4,14H,1-2H3,(H,16,17). The molecule has 0 saturated heterocycles. The Kier molecular flexibility index (Phi) is 2.67. The van der Waals surface area contributed by atoms with E-state index in [2.05, 4.69) is 4.98 Å². The number of carboxylic acids is 1. The maximum atomic E-state index is 11.5. The summed E-state index contributed by atoms with van der Waals surface area (Å²) in [5.41, 5.74) is 1.45. The fourth-order valence-corrected chi connectivity index (χ4v) is 2.06. The number of benzene rings is 1. The Hall–Kier alpha value is -1.81. The van der Waals surface area contributed by atoms with E-state index in [0.717, 1.165) is 5.56 Å². The summed E-state index contributed by atoms with van der Waals surface area (Å²) in [5, 5.41) is 10.2. The Morgan fingerprint density at radius 3 is 2.53 bits per heavy atom. The number of aromatic amines is 1. The van der Waals surface area contributed by atoms with E-state index in [0.29, 0.717) is 15.9 Å². The lowest BCUT2D eigenvalue weighted by molar-refractivity contribution is 0.0687. The van der Waals surface area contributed by atoms with Gasteiger partial charge >= 0.3 is 5.97 Å². The average Bonchev–Trinajstić information content (AvgIpc) is 2.63. The van der Waals surface area contributed by atoms with Crippen molar-refractivity contribution in [2.75, 3.05) is 0 Å². The number of carboxylic acid groups (broad SMARTS) is 1. The number of Topliss-reactive ketones (excluding diaryl/α,β-unsaturated/α-hetero) is 1. The highest BCUT2D eigenvalue weighted by Crippen LogP contribution is 2.29. The second-order valence-electron chi connectivity index (χ2n) is 3.83. The third kappa shape index (κ3) is 1.70. The van der Waals surface area contributed by atoms with Crippen molar-refractivity contribution >= 4 is 34.3 Å². The summed E-state index contributed by atoms with van der Waals surface area (Å²) >= 11 is 5.96. The first-order valence-electron chi connectivity index (χ1n) is 4.98. The zero-order valence-corrected chi connectivity index (χ0v) is 10.1. The van der Waals surface area contributed by atoms with Gasteiger partial charge < -0.3 is 10.1 Å². The van der Waals surface area contributed by atoms with Gasteiger partial charge in [0.2, 0.25) is 0 Å². The van der Waals surface area contributed by atoms with Crippen LogP contribution in [0, 0.1) is 6.92 Å². The lowest BCUT2D eigenvalue weighted by atomic mass is 10.1. The van der Waals surface area contributed by atoms with Gasteiger partial charge in [0.15, 0.2) is 5.78 Å². The van der Waals surface area contributed by atoms with Crippen LogP contribution in [0.15, 0.2) is 12.1 Å². The molecule has 1 aromatic carbocycles. The second kappa shape index (κ2) is 3.89. The van der Waals surface area contributed by atoms with Crippen LogP contribution in [0.2, 0.25) is 5.02 Å². The van der Waals surface area contributed by atoms with E-state index in [4.69, 9.17) is 16.7 Å². The molecule has 0 bridgehead atoms. The number of aromatic nitrogens is 1. The Balaban J connectivity index is 2.94. The number of hydrogen-bond donors (Lipinski definition) is 2. The molecule has 2 N–H and O–H groups in total. The number of H-pyrrole nitrogens is 1. The molecule has 1 aromatic heterocycles. The number of rotatable bonds is 2. The van der Waals surface area contributed by atoms with Crippen molar-refractivity contribution in [3.05, 3.63) is 34.0 Å². The molecule has 1 heterocycles. The van der Waals surface area contributed by atoms with Crippen LogP contribution in [-0.2, 0) is 0 Å². The first-order chi connectivity index (χ1) is 7.93. The maximum absolute atomic E-state index is 11.5. The van der Waals surface area contributed by atoms with Crippen LogP contribution in [0.4, 0.5) is 0 Å². The van der Waals surface area contributed by atoms with E-state index in [9.17, 15) is 9.59 Å². The van der Waals surface area contributed by atoms with Gasteiger partial charge in [-0.15, -0.1) is 0 Å². The number of carbonyl (C=O) groups excluding carboxylic acids is 1. The minimum absolute atomic E-state index is 0.0853. The number of nitrogens with one attached hydrogen (secondary N) is 1. The molecule has 0 unspecified atom stereocenters. The molecule has 88 valence electrons. The minimum atomic E-state index is -1.15. The van der Waals surface area contributed by atoms with E-state index in [1.54, 1.807) is 19.1 Å². The molecule has 0 spiro atoms. The minimum Gasteiger partial charge on any atom is -0.477 e. The van der Waals surface area contributed by atoms with Crippen molar-refractivity contribution in [2.24, 2.45) is 0 Å². The summed E-state index contributed by atoms with van der Waals surface area (Å²) in [6, 6.07) is 3.31. The molecule has 5 heteroatoms. The summed E-state index contributed by atoms with van der Waals surface area (Å²) in [4.78, 5) is 25.4. The zero-order chi connectivity index (χ0) is 12.7. The summed E-state index contributed by atoms with van der Waals surface area (Å²) in [6.45, 7) is 3.12. The quantitative estimate of drug-likeness (QED) is 0.806. The van der Waals surface area contributed by atoms with Gasteiger partial charge in [0.25, 0.3) is 0 Å². The molecule has 4 nitrogen and oxygen atoms in total. The molecule has 0 fully saturated rings. The van der Waals surface area contributed by atoms with Crippen molar-refractivity contribution in [1.29, 1.82) is 0 Å². The van der Waals surface area contributed by atoms with Gasteiger partial charge in [0, 0.05) is 10.4 Å². The molecule has 0 radical (unpaired) electrons. The van der Waals surface area contributed by atoms with Crippen LogP contribution < -0.4 is 0 Å². The van der Waals surface area contributed by atoms with Gasteiger partial charge in [0.05, 0.1) is 11.1 Å². The molecule has 2 aromatic rings. The molecule has 17 heavy (non-hydrogen) atoms. The highest BCUT2D eigenvalue weighted by Gasteiger charge is 2.21. The molecule has 0 saturated carbocycles. The molecule has 0 amide bonds. The van der Waals surface area contributed by atoms with Crippen molar-refractivity contribution in [3.63, 3.8) is 0 Å². The van der Waals surface area contributed by atoms with Crippen molar-refractivity contribution < 1.29 is 14.7 Å². The number of aromatic carboxylic acids is 1. The number of halogens is 1. The van der Waals surface area contributed by atoms with Crippen molar-refractivity contribution in [3.8, 4) is 0 Å². The number of fused-ring (bicyclic) bond motifs is 1. The van der Waals surface area contributed by atoms with Gasteiger partial charge in [-0.2, -0.15) is 0 Å². The number of aryl methyl sites for hydroxylation is 1. The molecular formula is C12H10ClNO3. The van der Waals surface area contributed by atoms with Gasteiger partial charge in [-0.05, 0) is 25.5 Å². The van der Waals surface area contributed by atoms with Crippen LogP contribution in [0.1, 0.15) is 33.3 Å². The van der Waals surface area contributed by atoms with Gasteiger partial charge in [-0.1, -0.05) is 17.7 Å². The number of hydrogen-bond acceptors (Lipinski definition) is 2. The Bertz CT molecular complexity index is 643. The summed E-state index contributed by atoms with van der Waals surface area (Å²) in [7, 11) is 0. The SMILES string of the molecule is CC(=O)c1c(C(=O)O)[nH]c2c(C)c(Cl)ccc12. The molecule has 0 aliphatic heterocycles. The number of carbonyl (C=O) groups is 2. The second-order valence-corrected chi connectivity index (χ2v) is 4.24. The fraction of sp³-hybridized carbons (Fsp3) is 0.167. The summed E-state index contributed by atoms with van der Waals surface area (Å²) < 4.78 is 0. The Labute approximate surface area is 102 Å². The first kappa shape index (κ1) is 11.7. The van der Waals surface area contributed by atoms with E-state index in [1.165, 1.54) is 6.92 Å². The lowest BCUT2D eigenvalue weighted by Gasteiger charge is -1.99. The molecule has 2 rings (SSSR count). The highest BCUT2D eigenvalue weighted by atomic mass is 35.5. The van der Waals surface area contributed by atoms with Crippen LogP contribution in [0.25, 0.3) is 10.9 Å². The summed E-state index contributed by atoms with van der Waals surface area (Å²) in [5.74, 6) is -1.43. The van der Waals surface area contributed by atoms with Crippen LogP contribution >= 0.6 is 11.6 Å². The average molecular weight is 252 g/mol. The maximum Gasteiger partial charge on any atom is 0.353 e. The number of ketones is 1. The van der Waals surface area contributed by atoms with Crippen LogP contribution in [-0.4, -0.2) is 21.8 Å². The third-order valence-electron chi connectivity index (χ3n) is 2.73. The van der Waals surface area contributed by atoms with Gasteiger partial charge in [-0.3, -0.25) is 4.79 Å². The molecule has 0 aliphatic rings. The van der Waals surface area contributed by atoms with Gasteiger partial charge in [-0.25, -0.2) is 4.79 Å². The normalized spacial score (nSPS) is 10.8. The van der Waals surface area contributed by atoms with Crippen LogP contribution in [0.5, 0.6) is 0 Å². The van der Waals surface area contributed by atoms with Crippen molar-refractivity contribution in [1.82, 2.24) is 4.98 Å². The monoisotopic (exact) mass is 251 g/mol. The van der Waals surface area contributed by atoms with Crippen molar-refractivity contribution in [2.45, 2.75) is 13.8 Å². The first-order valence-corrected chi connectivity index (χ1v) is 5.36. The van der Waals surface area contributed by atoms with E-state index < -0.39 is 5.97 Å². The van der Waals surface area contributed by atoms with E-state index in [1.807, 2.05) is 0 Å². The lowest BCUT2D eigenvalue weighted by Crippen LogP contribution is -2.04.